The van der Waals surface area contributed by atoms with Crippen molar-refractivity contribution in [3.8, 4) is 11.8 Å². The van der Waals surface area contributed by atoms with Gasteiger partial charge in [0.05, 0.1) is 16.3 Å². The highest BCUT2D eigenvalue weighted by Gasteiger charge is 2.08. The predicted molar refractivity (Wildman–Crippen MR) is 60.5 cm³/mol. The monoisotopic (exact) mass is 267 g/mol. The van der Waals surface area contributed by atoms with E-state index in [2.05, 4.69) is 22.0 Å². The summed E-state index contributed by atoms with van der Waals surface area (Å²) in [5, 5.41) is 19.2. The molecule has 1 aromatic heterocycles. The van der Waals surface area contributed by atoms with Gasteiger partial charge in [-0.1, -0.05) is 0 Å². The molecule has 1 heterocycles. The highest BCUT2D eigenvalue weighted by atomic mass is 79.9. The Kier molecular flexibility index (Phi) is 2.44. The smallest absolute Gasteiger partial charge is 0.120 e. The average Bonchev–Trinajstić information content (AvgIpc) is 2.51. The van der Waals surface area contributed by atoms with Crippen molar-refractivity contribution in [1.82, 2.24) is 0 Å². The summed E-state index contributed by atoms with van der Waals surface area (Å²) in [6, 6.07) is 7.49. The van der Waals surface area contributed by atoms with Gasteiger partial charge in [0, 0.05) is 15.6 Å². The van der Waals surface area contributed by atoms with Gasteiger partial charge >= 0.3 is 0 Å². The van der Waals surface area contributed by atoms with Crippen molar-refractivity contribution in [2.24, 2.45) is 0 Å². The van der Waals surface area contributed by atoms with E-state index in [0.29, 0.717) is 5.56 Å². The molecule has 0 amide bonds. The molecule has 2 rings (SSSR count). The van der Waals surface area contributed by atoms with E-state index in [1.807, 2.05) is 12.1 Å². The molecule has 0 saturated heterocycles. The maximum atomic E-state index is 9.59. The summed E-state index contributed by atoms with van der Waals surface area (Å²) in [7, 11) is 0. The first-order valence-electron chi connectivity index (χ1n) is 3.99. The van der Waals surface area contributed by atoms with E-state index in [0.717, 1.165) is 13.9 Å². The van der Waals surface area contributed by atoms with E-state index in [4.69, 9.17) is 5.26 Å². The van der Waals surface area contributed by atoms with Crippen molar-refractivity contribution in [3.05, 3.63) is 27.5 Å². The van der Waals surface area contributed by atoms with Crippen LogP contribution in [0.5, 0.6) is 5.75 Å². The fraction of sp³-hybridized carbons (Fsp3) is 0.100. The first-order chi connectivity index (χ1) is 6.72. The molecule has 0 atom stereocenters. The van der Waals surface area contributed by atoms with Crippen molar-refractivity contribution in [2.45, 2.75) is 6.42 Å². The number of benzene rings is 1. The number of hydrogen-bond donors (Lipinski definition) is 1. The van der Waals surface area contributed by atoms with Crippen LogP contribution in [0.2, 0.25) is 0 Å². The number of fused-ring (bicyclic) bond motifs is 1. The molecule has 1 N–H and O–H groups in total. The van der Waals surface area contributed by atoms with Gasteiger partial charge < -0.3 is 5.11 Å². The summed E-state index contributed by atoms with van der Waals surface area (Å²) in [5.41, 5.74) is 0.715. The Balaban J connectivity index is 2.76. The minimum atomic E-state index is 0.198. The quantitative estimate of drug-likeness (QED) is 0.861. The van der Waals surface area contributed by atoms with Crippen LogP contribution in [-0.4, -0.2) is 5.11 Å². The van der Waals surface area contributed by atoms with Gasteiger partial charge in [0.2, 0.25) is 0 Å². The fourth-order valence-corrected chi connectivity index (χ4v) is 2.96. The van der Waals surface area contributed by atoms with E-state index in [-0.39, 0.29) is 12.2 Å². The van der Waals surface area contributed by atoms with Crippen LogP contribution in [0, 0.1) is 11.3 Å². The van der Waals surface area contributed by atoms with Crippen molar-refractivity contribution in [2.75, 3.05) is 0 Å². The third-order valence-electron chi connectivity index (χ3n) is 2.01. The molecule has 0 aliphatic rings. The standard InChI is InChI=1S/C10H6BrNOS/c11-10-5-7-6(3-4-12)8(13)1-2-9(7)14-10/h1-2,5,13H,3H2. The van der Waals surface area contributed by atoms with Crippen LogP contribution in [0.15, 0.2) is 22.0 Å². The minimum Gasteiger partial charge on any atom is -0.508 e. The summed E-state index contributed by atoms with van der Waals surface area (Å²) < 4.78 is 2.09. The number of phenols is 1. The molecule has 2 aromatic rings. The van der Waals surface area contributed by atoms with Gasteiger partial charge in [-0.25, -0.2) is 0 Å². The van der Waals surface area contributed by atoms with Gasteiger partial charge in [-0.05, 0) is 34.1 Å². The normalized spacial score (nSPS) is 10.3. The van der Waals surface area contributed by atoms with Crippen LogP contribution in [0.4, 0.5) is 0 Å². The number of nitriles is 1. The zero-order valence-electron chi connectivity index (χ0n) is 7.12. The predicted octanol–water partition coefficient (Wildman–Crippen LogP) is 3.44. The molecule has 0 fully saturated rings. The molecular formula is C10H6BrNOS. The van der Waals surface area contributed by atoms with Crippen molar-refractivity contribution < 1.29 is 5.11 Å². The number of hydrogen-bond acceptors (Lipinski definition) is 3. The molecule has 1 aromatic carbocycles. The van der Waals surface area contributed by atoms with Gasteiger partial charge in [-0.2, -0.15) is 5.26 Å². The SMILES string of the molecule is N#CCc1c(O)ccc2sc(Br)cc12. The van der Waals surface area contributed by atoms with E-state index in [1.165, 1.54) is 0 Å². The van der Waals surface area contributed by atoms with Crippen LogP contribution < -0.4 is 0 Å². The van der Waals surface area contributed by atoms with Crippen LogP contribution in [-0.2, 0) is 6.42 Å². The highest BCUT2D eigenvalue weighted by molar-refractivity contribution is 9.11. The maximum Gasteiger partial charge on any atom is 0.120 e. The van der Waals surface area contributed by atoms with Crippen molar-refractivity contribution >= 4 is 37.4 Å². The summed E-state index contributed by atoms with van der Waals surface area (Å²) in [4.78, 5) is 0. The molecule has 0 aliphatic heterocycles. The van der Waals surface area contributed by atoms with E-state index in [1.54, 1.807) is 17.4 Å². The lowest BCUT2D eigenvalue weighted by Crippen LogP contribution is -1.83. The van der Waals surface area contributed by atoms with Crippen LogP contribution in [0.3, 0.4) is 0 Å². The number of aromatic hydroxyl groups is 1. The first kappa shape index (κ1) is 9.50. The number of halogens is 1. The summed E-state index contributed by atoms with van der Waals surface area (Å²) in [6.07, 6.45) is 0.242. The summed E-state index contributed by atoms with van der Waals surface area (Å²) >= 11 is 4.99. The molecule has 0 aliphatic carbocycles. The van der Waals surface area contributed by atoms with Gasteiger partial charge in [-0.15, -0.1) is 11.3 Å². The summed E-state index contributed by atoms with van der Waals surface area (Å²) in [5.74, 6) is 0.198. The Morgan fingerprint density at radius 2 is 2.29 bits per heavy atom. The zero-order chi connectivity index (χ0) is 10.1. The highest BCUT2D eigenvalue weighted by Crippen LogP contribution is 2.35. The molecule has 0 saturated carbocycles. The maximum absolute atomic E-state index is 9.59. The number of rotatable bonds is 1. The molecule has 0 spiro atoms. The second-order valence-corrected chi connectivity index (χ2v) is 5.32. The third-order valence-corrected chi connectivity index (χ3v) is 3.62. The number of thiophene rings is 1. The van der Waals surface area contributed by atoms with Crippen molar-refractivity contribution in [1.29, 1.82) is 5.26 Å². The topological polar surface area (TPSA) is 44.0 Å². The molecule has 2 nitrogen and oxygen atoms in total. The largest absolute Gasteiger partial charge is 0.508 e. The van der Waals surface area contributed by atoms with E-state index >= 15 is 0 Å². The van der Waals surface area contributed by atoms with Gasteiger partial charge in [-0.3, -0.25) is 0 Å². The van der Waals surface area contributed by atoms with E-state index < -0.39 is 0 Å². The van der Waals surface area contributed by atoms with Crippen LogP contribution >= 0.6 is 27.3 Å². The van der Waals surface area contributed by atoms with Gasteiger partial charge in [0.15, 0.2) is 0 Å². The van der Waals surface area contributed by atoms with E-state index in [9.17, 15) is 5.11 Å². The average molecular weight is 268 g/mol. The van der Waals surface area contributed by atoms with Gasteiger partial charge in [0.25, 0.3) is 0 Å². The third kappa shape index (κ3) is 1.49. The molecular weight excluding hydrogens is 262 g/mol. The Morgan fingerprint density at radius 3 is 3.00 bits per heavy atom. The summed E-state index contributed by atoms with van der Waals surface area (Å²) in [6.45, 7) is 0. The van der Waals surface area contributed by atoms with Crippen LogP contribution in [0.1, 0.15) is 5.56 Å². The lowest BCUT2D eigenvalue weighted by atomic mass is 10.1. The second-order valence-electron chi connectivity index (χ2n) is 2.86. The van der Waals surface area contributed by atoms with Crippen LogP contribution in [0.25, 0.3) is 10.1 Å². The molecule has 0 bridgehead atoms. The molecule has 70 valence electrons. The second kappa shape index (κ2) is 3.60. The lowest BCUT2D eigenvalue weighted by molar-refractivity contribution is 0.471. The Bertz CT molecular complexity index is 527. The van der Waals surface area contributed by atoms with Gasteiger partial charge in [0.1, 0.15) is 5.75 Å². The lowest BCUT2D eigenvalue weighted by Gasteiger charge is -2.00. The molecule has 0 radical (unpaired) electrons. The Hall–Kier alpha value is -1.05. The van der Waals surface area contributed by atoms with Crippen molar-refractivity contribution in [3.63, 3.8) is 0 Å². The number of nitrogens with zero attached hydrogens (tertiary/aromatic N) is 1. The molecule has 0 unspecified atom stereocenters. The zero-order valence-corrected chi connectivity index (χ0v) is 9.52. The first-order valence-corrected chi connectivity index (χ1v) is 5.60. The Morgan fingerprint density at radius 1 is 1.50 bits per heavy atom. The molecule has 4 heteroatoms. The number of phenolic OH excluding ortho intramolecular Hbond substituents is 1. The minimum absolute atomic E-state index is 0.198. The Labute approximate surface area is 93.5 Å². The fourth-order valence-electron chi connectivity index (χ4n) is 1.39. The molecule has 14 heavy (non-hydrogen) atoms.